The van der Waals surface area contributed by atoms with E-state index in [9.17, 15) is 14.0 Å². The Hall–Kier alpha value is -3.12. The molecule has 4 nitrogen and oxygen atoms in total. The number of carbonyl (C=O) groups is 2. The Morgan fingerprint density at radius 3 is 2.20 bits per heavy atom. The highest BCUT2D eigenvalue weighted by molar-refractivity contribution is 7.99. The highest BCUT2D eigenvalue weighted by atomic mass is 32.2. The maximum Gasteiger partial charge on any atom is 0.243 e. The molecular weight excluding hydrogens is 459 g/mol. The number of thioether (sulfide) groups is 1. The summed E-state index contributed by atoms with van der Waals surface area (Å²) >= 11 is 1.50. The van der Waals surface area contributed by atoms with Crippen LogP contribution in [0.2, 0.25) is 0 Å². The van der Waals surface area contributed by atoms with E-state index in [0.717, 1.165) is 5.56 Å². The van der Waals surface area contributed by atoms with Crippen LogP contribution in [0.4, 0.5) is 4.39 Å². The molecule has 0 heterocycles. The Morgan fingerprint density at radius 2 is 1.54 bits per heavy atom. The van der Waals surface area contributed by atoms with E-state index in [1.807, 2.05) is 69.3 Å². The van der Waals surface area contributed by atoms with Gasteiger partial charge in [0.2, 0.25) is 11.8 Å². The lowest BCUT2D eigenvalue weighted by Crippen LogP contribution is -2.52. The van der Waals surface area contributed by atoms with E-state index < -0.39 is 6.04 Å². The van der Waals surface area contributed by atoms with E-state index in [-0.39, 0.29) is 36.0 Å². The van der Waals surface area contributed by atoms with E-state index in [4.69, 9.17) is 0 Å². The number of halogens is 1. The van der Waals surface area contributed by atoms with E-state index in [1.54, 1.807) is 18.2 Å². The molecule has 0 spiro atoms. The molecule has 1 N–H and O–H groups in total. The molecule has 3 aromatic rings. The fourth-order valence-corrected chi connectivity index (χ4v) is 4.83. The van der Waals surface area contributed by atoms with Gasteiger partial charge in [0.05, 0.1) is 5.75 Å². The summed E-state index contributed by atoms with van der Waals surface area (Å²) in [5, 5.41) is 2.95. The van der Waals surface area contributed by atoms with Crippen molar-refractivity contribution in [2.75, 3.05) is 5.75 Å². The SMILES string of the molecule is Cc1ccccc1CSCC(=O)N(Cc1ccccc1F)[C@@H](Cc1ccccc1)C(=O)NC(C)C. The number of aryl methyl sites for hydroxylation is 1. The minimum absolute atomic E-state index is 0.0272. The van der Waals surface area contributed by atoms with Gasteiger partial charge in [-0.2, -0.15) is 0 Å². The first-order valence-electron chi connectivity index (χ1n) is 11.8. The number of rotatable bonds is 11. The summed E-state index contributed by atoms with van der Waals surface area (Å²) in [7, 11) is 0. The number of nitrogens with zero attached hydrogens (tertiary/aromatic N) is 1. The van der Waals surface area contributed by atoms with Gasteiger partial charge in [-0.15, -0.1) is 11.8 Å². The van der Waals surface area contributed by atoms with Gasteiger partial charge in [-0.1, -0.05) is 72.8 Å². The van der Waals surface area contributed by atoms with Gasteiger partial charge in [0.25, 0.3) is 0 Å². The summed E-state index contributed by atoms with van der Waals surface area (Å²) in [6.45, 7) is 5.85. The van der Waals surface area contributed by atoms with Crippen molar-refractivity contribution in [2.24, 2.45) is 0 Å². The zero-order chi connectivity index (χ0) is 25.2. The fraction of sp³-hybridized carbons (Fsp3) is 0.310. The first-order chi connectivity index (χ1) is 16.8. The molecule has 0 saturated heterocycles. The third-order valence-corrected chi connectivity index (χ3v) is 6.71. The summed E-state index contributed by atoms with van der Waals surface area (Å²) in [6, 6.07) is 23.3. The zero-order valence-electron chi connectivity index (χ0n) is 20.5. The molecule has 0 saturated carbocycles. The van der Waals surface area contributed by atoms with Gasteiger partial charge in [-0.05, 0) is 43.5 Å². The van der Waals surface area contributed by atoms with Crippen LogP contribution >= 0.6 is 11.8 Å². The monoisotopic (exact) mass is 492 g/mol. The maximum absolute atomic E-state index is 14.6. The van der Waals surface area contributed by atoms with Gasteiger partial charge < -0.3 is 10.2 Å². The highest BCUT2D eigenvalue weighted by Crippen LogP contribution is 2.20. The molecule has 0 aliphatic rings. The molecular formula is C29H33FN2O2S. The second-order valence-electron chi connectivity index (χ2n) is 8.90. The van der Waals surface area contributed by atoms with Crippen molar-refractivity contribution >= 4 is 23.6 Å². The topological polar surface area (TPSA) is 49.4 Å². The lowest BCUT2D eigenvalue weighted by molar-refractivity contribution is -0.139. The van der Waals surface area contributed by atoms with E-state index in [0.29, 0.717) is 17.7 Å². The van der Waals surface area contributed by atoms with Crippen LogP contribution in [0.3, 0.4) is 0 Å². The summed E-state index contributed by atoms with van der Waals surface area (Å²) in [4.78, 5) is 28.4. The van der Waals surface area contributed by atoms with Crippen molar-refractivity contribution in [2.45, 2.75) is 51.6 Å². The number of amides is 2. The Balaban J connectivity index is 1.86. The lowest BCUT2D eigenvalue weighted by Gasteiger charge is -2.32. The standard InChI is InChI=1S/C29H33FN2O2S/c1-21(2)31-29(34)27(17-23-12-5-4-6-13-23)32(18-24-14-9-10-16-26(24)30)28(33)20-35-19-25-15-8-7-11-22(25)3/h4-16,21,27H,17-20H2,1-3H3,(H,31,34)/t27-/m0/s1. The van der Waals surface area contributed by atoms with Gasteiger partial charge in [-0.3, -0.25) is 9.59 Å². The first kappa shape index (κ1) is 26.5. The van der Waals surface area contributed by atoms with Crippen molar-refractivity contribution in [3.8, 4) is 0 Å². The van der Waals surface area contributed by atoms with Gasteiger partial charge in [-0.25, -0.2) is 4.39 Å². The fourth-order valence-electron chi connectivity index (χ4n) is 3.85. The van der Waals surface area contributed by atoms with Gasteiger partial charge in [0.1, 0.15) is 11.9 Å². The van der Waals surface area contributed by atoms with Gasteiger partial charge in [0, 0.05) is 30.3 Å². The van der Waals surface area contributed by atoms with Crippen molar-refractivity contribution in [3.05, 3.63) is 107 Å². The number of carbonyl (C=O) groups excluding carboxylic acids is 2. The largest absolute Gasteiger partial charge is 0.352 e. The molecule has 0 aliphatic carbocycles. The van der Waals surface area contributed by atoms with Crippen LogP contribution in [0.1, 0.15) is 36.1 Å². The first-order valence-corrected chi connectivity index (χ1v) is 13.0. The Morgan fingerprint density at radius 1 is 0.914 bits per heavy atom. The molecule has 0 fully saturated rings. The summed E-state index contributed by atoms with van der Waals surface area (Å²) in [5.74, 6) is 0.0704. The molecule has 0 bridgehead atoms. The Bertz CT molecular complexity index is 1120. The van der Waals surface area contributed by atoms with Crippen LogP contribution in [0.15, 0.2) is 78.9 Å². The third kappa shape index (κ3) is 7.96. The van der Waals surface area contributed by atoms with Crippen LogP contribution in [-0.2, 0) is 28.3 Å². The molecule has 35 heavy (non-hydrogen) atoms. The molecule has 0 aliphatic heterocycles. The predicted molar refractivity (Wildman–Crippen MR) is 142 cm³/mol. The Kier molecular flexibility index (Phi) is 9.91. The number of hydrogen-bond acceptors (Lipinski definition) is 3. The minimum Gasteiger partial charge on any atom is -0.352 e. The van der Waals surface area contributed by atoms with Gasteiger partial charge >= 0.3 is 0 Å². The molecule has 6 heteroatoms. The van der Waals surface area contributed by atoms with Crippen LogP contribution in [0.5, 0.6) is 0 Å². The molecule has 3 aromatic carbocycles. The average Bonchev–Trinajstić information content (AvgIpc) is 2.83. The van der Waals surface area contributed by atoms with Crippen LogP contribution in [0.25, 0.3) is 0 Å². The minimum atomic E-state index is -0.758. The number of nitrogens with one attached hydrogen (secondary N) is 1. The summed E-state index contributed by atoms with van der Waals surface area (Å²) in [6.07, 6.45) is 0.349. The van der Waals surface area contributed by atoms with Crippen molar-refractivity contribution in [1.82, 2.24) is 10.2 Å². The maximum atomic E-state index is 14.6. The molecule has 3 rings (SSSR count). The van der Waals surface area contributed by atoms with Crippen molar-refractivity contribution in [3.63, 3.8) is 0 Å². The molecule has 0 radical (unpaired) electrons. The zero-order valence-corrected chi connectivity index (χ0v) is 21.4. The molecule has 0 unspecified atom stereocenters. The smallest absolute Gasteiger partial charge is 0.243 e. The normalized spacial score (nSPS) is 11.8. The average molecular weight is 493 g/mol. The summed E-state index contributed by atoms with van der Waals surface area (Å²) in [5.41, 5.74) is 3.67. The van der Waals surface area contributed by atoms with Gasteiger partial charge in [0.15, 0.2) is 0 Å². The van der Waals surface area contributed by atoms with Crippen LogP contribution < -0.4 is 5.32 Å². The summed E-state index contributed by atoms with van der Waals surface area (Å²) < 4.78 is 14.6. The Labute approximate surface area is 211 Å². The predicted octanol–water partition coefficient (Wildman–Crippen LogP) is 5.53. The van der Waals surface area contributed by atoms with E-state index >= 15 is 0 Å². The molecule has 184 valence electrons. The van der Waals surface area contributed by atoms with E-state index in [2.05, 4.69) is 11.4 Å². The van der Waals surface area contributed by atoms with Crippen molar-refractivity contribution in [1.29, 1.82) is 0 Å². The third-order valence-electron chi connectivity index (χ3n) is 5.74. The van der Waals surface area contributed by atoms with E-state index in [1.165, 1.54) is 33.9 Å². The second-order valence-corrected chi connectivity index (χ2v) is 9.89. The second kappa shape index (κ2) is 13.1. The van der Waals surface area contributed by atoms with Crippen molar-refractivity contribution < 1.29 is 14.0 Å². The number of hydrogen-bond donors (Lipinski definition) is 1. The number of benzene rings is 3. The molecule has 2 amide bonds. The quantitative estimate of drug-likeness (QED) is 0.383. The molecule has 0 aromatic heterocycles. The van der Waals surface area contributed by atoms with Crippen LogP contribution in [-0.4, -0.2) is 34.6 Å². The molecule has 1 atom stereocenters. The highest BCUT2D eigenvalue weighted by Gasteiger charge is 2.31. The lowest BCUT2D eigenvalue weighted by atomic mass is 10.0. The van der Waals surface area contributed by atoms with Crippen LogP contribution in [0, 0.1) is 12.7 Å².